The number of amides is 1. The van der Waals surface area contributed by atoms with E-state index in [1.807, 2.05) is 18.2 Å². The van der Waals surface area contributed by atoms with Crippen LogP contribution >= 0.6 is 11.6 Å². The molecule has 25 heavy (non-hydrogen) atoms. The van der Waals surface area contributed by atoms with Gasteiger partial charge in [0.2, 0.25) is 5.88 Å². The molecule has 6 heteroatoms. The van der Waals surface area contributed by atoms with Gasteiger partial charge in [0.05, 0.1) is 6.21 Å². The Balaban J connectivity index is 1.70. The molecule has 0 aliphatic carbocycles. The van der Waals surface area contributed by atoms with Crippen LogP contribution < -0.4 is 10.2 Å². The van der Waals surface area contributed by atoms with Gasteiger partial charge in [-0.3, -0.25) is 4.79 Å². The third-order valence-corrected chi connectivity index (χ3v) is 3.48. The van der Waals surface area contributed by atoms with E-state index in [2.05, 4.69) is 15.5 Å². The highest BCUT2D eigenvalue weighted by Gasteiger charge is 2.13. The molecule has 0 atom stereocenters. The smallest absolute Gasteiger partial charge is 0.276 e. The highest BCUT2D eigenvalue weighted by molar-refractivity contribution is 6.30. The van der Waals surface area contributed by atoms with Crippen LogP contribution in [0.3, 0.4) is 0 Å². The van der Waals surface area contributed by atoms with Gasteiger partial charge in [0.25, 0.3) is 5.91 Å². The Hall–Kier alpha value is -3.18. The number of halogens is 1. The molecule has 1 aromatic heterocycles. The molecule has 0 spiro atoms. The van der Waals surface area contributed by atoms with E-state index in [1.165, 1.54) is 6.21 Å². The second kappa shape index (κ2) is 8.08. The van der Waals surface area contributed by atoms with Gasteiger partial charge < -0.3 is 4.74 Å². The highest BCUT2D eigenvalue weighted by atomic mass is 35.5. The lowest BCUT2D eigenvalue weighted by molar-refractivity contribution is 0.0952. The minimum atomic E-state index is -0.413. The monoisotopic (exact) mass is 351 g/mol. The van der Waals surface area contributed by atoms with E-state index in [0.29, 0.717) is 16.3 Å². The fourth-order valence-electron chi connectivity index (χ4n) is 2.02. The Labute approximate surface area is 149 Å². The van der Waals surface area contributed by atoms with Gasteiger partial charge in [-0.2, -0.15) is 5.10 Å². The van der Waals surface area contributed by atoms with Crippen LogP contribution in [0, 0.1) is 0 Å². The standard InChI is InChI=1S/C19H14ClN3O2/c20-15-10-8-14(9-11-15)13-22-23-18(24)17-7-4-12-21-19(17)25-16-5-2-1-3-6-16/h1-13H,(H,23,24)/b22-13+. The van der Waals surface area contributed by atoms with Gasteiger partial charge in [0.1, 0.15) is 11.3 Å². The number of nitrogens with zero attached hydrogens (tertiary/aromatic N) is 2. The van der Waals surface area contributed by atoms with Crippen LogP contribution in [0.15, 0.2) is 78.0 Å². The van der Waals surface area contributed by atoms with Crippen molar-refractivity contribution in [3.63, 3.8) is 0 Å². The van der Waals surface area contributed by atoms with Crippen molar-refractivity contribution < 1.29 is 9.53 Å². The number of benzene rings is 2. The molecular weight excluding hydrogens is 338 g/mol. The summed E-state index contributed by atoms with van der Waals surface area (Å²) in [5.41, 5.74) is 3.57. The van der Waals surface area contributed by atoms with E-state index in [-0.39, 0.29) is 5.88 Å². The van der Waals surface area contributed by atoms with Crippen LogP contribution in [0.4, 0.5) is 0 Å². The third kappa shape index (κ3) is 4.65. The molecule has 1 N–H and O–H groups in total. The molecule has 0 aliphatic rings. The van der Waals surface area contributed by atoms with Crippen molar-refractivity contribution in [2.45, 2.75) is 0 Å². The number of aromatic nitrogens is 1. The number of rotatable bonds is 5. The quantitative estimate of drug-likeness (QED) is 0.551. The maximum absolute atomic E-state index is 12.3. The van der Waals surface area contributed by atoms with Crippen LogP contribution in [-0.2, 0) is 0 Å². The average Bonchev–Trinajstić information content (AvgIpc) is 2.64. The topological polar surface area (TPSA) is 63.6 Å². The summed E-state index contributed by atoms with van der Waals surface area (Å²) in [6.45, 7) is 0. The number of hydrazone groups is 1. The van der Waals surface area contributed by atoms with Gasteiger partial charge in [-0.1, -0.05) is 41.9 Å². The number of carbonyl (C=O) groups excluding carboxylic acids is 1. The fourth-order valence-corrected chi connectivity index (χ4v) is 2.15. The Bertz CT molecular complexity index is 881. The predicted octanol–water partition coefficient (Wildman–Crippen LogP) is 4.29. The third-order valence-electron chi connectivity index (χ3n) is 3.22. The summed E-state index contributed by atoms with van der Waals surface area (Å²) in [5.74, 6) is 0.400. The molecule has 0 fully saturated rings. The summed E-state index contributed by atoms with van der Waals surface area (Å²) in [7, 11) is 0. The molecule has 3 aromatic rings. The van der Waals surface area contributed by atoms with E-state index in [0.717, 1.165) is 5.56 Å². The van der Waals surface area contributed by atoms with Crippen LogP contribution in [0.5, 0.6) is 11.6 Å². The molecule has 0 saturated heterocycles. The molecule has 0 bridgehead atoms. The van der Waals surface area contributed by atoms with Crippen molar-refractivity contribution in [1.29, 1.82) is 0 Å². The lowest BCUT2D eigenvalue weighted by atomic mass is 10.2. The second-order valence-corrected chi connectivity index (χ2v) is 5.46. The largest absolute Gasteiger partial charge is 0.438 e. The molecule has 0 aliphatic heterocycles. The first-order valence-corrected chi connectivity index (χ1v) is 7.87. The summed E-state index contributed by atoms with van der Waals surface area (Å²) in [6.07, 6.45) is 3.09. The van der Waals surface area contributed by atoms with Crippen molar-refractivity contribution in [2.75, 3.05) is 0 Å². The molecule has 0 radical (unpaired) electrons. The van der Waals surface area contributed by atoms with E-state index < -0.39 is 5.91 Å². The van der Waals surface area contributed by atoms with E-state index in [4.69, 9.17) is 16.3 Å². The van der Waals surface area contributed by atoms with Crippen molar-refractivity contribution in [3.8, 4) is 11.6 Å². The minimum absolute atomic E-state index is 0.216. The molecule has 1 amide bonds. The van der Waals surface area contributed by atoms with Crippen molar-refractivity contribution in [3.05, 3.63) is 89.1 Å². The van der Waals surface area contributed by atoms with Gasteiger partial charge in [0.15, 0.2) is 0 Å². The summed E-state index contributed by atoms with van der Waals surface area (Å²) in [6, 6.07) is 19.5. The van der Waals surface area contributed by atoms with Crippen LogP contribution in [-0.4, -0.2) is 17.1 Å². The first-order valence-electron chi connectivity index (χ1n) is 7.49. The average molecular weight is 352 g/mol. The van der Waals surface area contributed by atoms with E-state index in [1.54, 1.807) is 54.7 Å². The zero-order valence-corrected chi connectivity index (χ0v) is 13.9. The van der Waals surface area contributed by atoms with Crippen LogP contribution in [0.1, 0.15) is 15.9 Å². The molecule has 3 rings (SSSR count). The Morgan fingerprint density at radius 1 is 1.04 bits per heavy atom. The Kier molecular flexibility index (Phi) is 5.39. The number of ether oxygens (including phenoxy) is 1. The maximum atomic E-state index is 12.3. The van der Waals surface area contributed by atoms with Crippen LogP contribution in [0.25, 0.3) is 0 Å². The summed E-state index contributed by atoms with van der Waals surface area (Å²) in [4.78, 5) is 16.5. The zero-order valence-electron chi connectivity index (χ0n) is 13.1. The second-order valence-electron chi connectivity index (χ2n) is 5.02. The molecule has 1 heterocycles. The molecule has 5 nitrogen and oxygen atoms in total. The molecule has 0 unspecified atom stereocenters. The first-order chi connectivity index (χ1) is 12.2. The van der Waals surface area contributed by atoms with Gasteiger partial charge in [-0.25, -0.2) is 10.4 Å². The SMILES string of the molecule is O=C(N/N=C/c1ccc(Cl)cc1)c1cccnc1Oc1ccccc1. The number of nitrogens with one attached hydrogen (secondary N) is 1. The summed E-state index contributed by atoms with van der Waals surface area (Å²) in [5, 5.41) is 4.58. The number of carbonyl (C=O) groups is 1. The predicted molar refractivity (Wildman–Crippen MR) is 97.3 cm³/mol. The fraction of sp³-hybridized carbons (Fsp3) is 0. The first kappa shape index (κ1) is 16.7. The normalized spacial score (nSPS) is 10.6. The minimum Gasteiger partial charge on any atom is -0.438 e. The number of hydrogen-bond acceptors (Lipinski definition) is 4. The summed E-state index contributed by atoms with van der Waals surface area (Å²) >= 11 is 5.83. The van der Waals surface area contributed by atoms with Crippen molar-refractivity contribution in [1.82, 2.24) is 10.4 Å². The highest BCUT2D eigenvalue weighted by Crippen LogP contribution is 2.22. The van der Waals surface area contributed by atoms with Crippen molar-refractivity contribution >= 4 is 23.7 Å². The number of para-hydroxylation sites is 1. The number of pyridine rings is 1. The molecule has 124 valence electrons. The Morgan fingerprint density at radius 2 is 1.80 bits per heavy atom. The summed E-state index contributed by atoms with van der Waals surface area (Å²) < 4.78 is 5.67. The molecular formula is C19H14ClN3O2. The zero-order chi connectivity index (χ0) is 17.5. The Morgan fingerprint density at radius 3 is 2.56 bits per heavy atom. The van der Waals surface area contributed by atoms with Gasteiger partial charge in [-0.15, -0.1) is 0 Å². The van der Waals surface area contributed by atoms with E-state index in [9.17, 15) is 4.79 Å². The van der Waals surface area contributed by atoms with Gasteiger partial charge in [-0.05, 0) is 42.0 Å². The maximum Gasteiger partial charge on any atom is 0.276 e. The number of hydrogen-bond donors (Lipinski definition) is 1. The van der Waals surface area contributed by atoms with Crippen molar-refractivity contribution in [2.24, 2.45) is 5.10 Å². The van der Waals surface area contributed by atoms with Gasteiger partial charge >= 0.3 is 0 Å². The van der Waals surface area contributed by atoms with Gasteiger partial charge in [0, 0.05) is 11.2 Å². The lowest BCUT2D eigenvalue weighted by Gasteiger charge is -2.08. The molecule has 0 saturated carbocycles. The van der Waals surface area contributed by atoms with E-state index >= 15 is 0 Å². The lowest BCUT2D eigenvalue weighted by Crippen LogP contribution is -2.18. The molecule has 2 aromatic carbocycles. The van der Waals surface area contributed by atoms with Crippen LogP contribution in [0.2, 0.25) is 5.02 Å².